The number of carbonyl (C=O) groups is 2. The van der Waals surface area contributed by atoms with E-state index >= 15 is 0 Å². The number of aliphatic carboxylic acids is 1. The van der Waals surface area contributed by atoms with Gasteiger partial charge in [-0.05, 0) is 30.6 Å². The minimum Gasteiger partial charge on any atom is -0.481 e. The van der Waals surface area contributed by atoms with Crippen molar-refractivity contribution in [2.75, 3.05) is 6.54 Å². The summed E-state index contributed by atoms with van der Waals surface area (Å²) in [5, 5.41) is 11.7. The summed E-state index contributed by atoms with van der Waals surface area (Å²) in [6.45, 7) is 9.08. The summed E-state index contributed by atoms with van der Waals surface area (Å²) in [5.41, 5.74) is 0.0730. The van der Waals surface area contributed by atoms with Gasteiger partial charge in [-0.25, -0.2) is 0 Å². The van der Waals surface area contributed by atoms with Crippen LogP contribution >= 0.6 is 0 Å². The lowest BCUT2D eigenvalue weighted by Crippen LogP contribution is -2.29. The highest BCUT2D eigenvalue weighted by Gasteiger charge is 2.24. The summed E-state index contributed by atoms with van der Waals surface area (Å²) < 4.78 is 0. The molecule has 0 aromatic rings. The molecule has 0 fully saturated rings. The van der Waals surface area contributed by atoms with Crippen molar-refractivity contribution < 1.29 is 14.7 Å². The number of carboxylic acids is 1. The summed E-state index contributed by atoms with van der Waals surface area (Å²) in [6.07, 6.45) is 4.25. The predicted octanol–water partition coefficient (Wildman–Crippen LogP) is 3.21. The second-order valence-electron chi connectivity index (χ2n) is 6.24. The molecule has 0 saturated carbocycles. The first-order chi connectivity index (χ1) is 8.77. The molecule has 112 valence electrons. The molecular formula is C15H29NO3. The summed E-state index contributed by atoms with van der Waals surface area (Å²) in [6, 6.07) is 0. The third kappa shape index (κ3) is 9.51. The molecule has 0 saturated heterocycles. The normalized spacial score (nSPS) is 13.1. The van der Waals surface area contributed by atoms with Crippen LogP contribution in [0.15, 0.2) is 0 Å². The van der Waals surface area contributed by atoms with Crippen LogP contribution in [0.25, 0.3) is 0 Å². The number of nitrogens with one attached hydrogen (secondary N) is 1. The van der Waals surface area contributed by atoms with Gasteiger partial charge in [0.25, 0.3) is 0 Å². The van der Waals surface area contributed by atoms with Gasteiger partial charge in [0.15, 0.2) is 0 Å². The Hall–Kier alpha value is -1.06. The quantitative estimate of drug-likeness (QED) is 0.676. The van der Waals surface area contributed by atoms with Gasteiger partial charge in [0, 0.05) is 19.4 Å². The van der Waals surface area contributed by atoms with E-state index in [1.54, 1.807) is 0 Å². The fourth-order valence-electron chi connectivity index (χ4n) is 2.12. The molecule has 0 aliphatic heterocycles. The molecule has 0 radical (unpaired) electrons. The third-order valence-corrected chi connectivity index (χ3v) is 3.50. The molecule has 19 heavy (non-hydrogen) atoms. The van der Waals surface area contributed by atoms with Crippen LogP contribution in [0.3, 0.4) is 0 Å². The van der Waals surface area contributed by atoms with Gasteiger partial charge in [-0.1, -0.05) is 34.1 Å². The van der Waals surface area contributed by atoms with Gasteiger partial charge in [-0.15, -0.1) is 0 Å². The number of amides is 1. The Morgan fingerprint density at radius 1 is 1.16 bits per heavy atom. The Labute approximate surface area is 117 Å². The number of rotatable bonds is 9. The zero-order valence-electron chi connectivity index (χ0n) is 12.8. The van der Waals surface area contributed by atoms with Crippen LogP contribution in [0.5, 0.6) is 0 Å². The van der Waals surface area contributed by atoms with Gasteiger partial charge in [0.2, 0.25) is 5.91 Å². The number of carbonyl (C=O) groups excluding carboxylic acids is 1. The second kappa shape index (κ2) is 8.94. The molecule has 0 aromatic heterocycles. The summed E-state index contributed by atoms with van der Waals surface area (Å²) in [5.74, 6) is -0.330. The van der Waals surface area contributed by atoms with E-state index in [2.05, 4.69) is 33.0 Å². The second-order valence-corrected chi connectivity index (χ2v) is 6.24. The van der Waals surface area contributed by atoms with E-state index in [1.165, 1.54) is 0 Å². The van der Waals surface area contributed by atoms with Crippen LogP contribution in [0.4, 0.5) is 0 Å². The average Bonchev–Trinajstić information content (AvgIpc) is 2.28. The molecule has 0 aliphatic rings. The van der Waals surface area contributed by atoms with Crippen LogP contribution in [0.1, 0.15) is 66.2 Å². The minimum atomic E-state index is -0.749. The van der Waals surface area contributed by atoms with Crippen LogP contribution in [0.2, 0.25) is 0 Å². The average molecular weight is 271 g/mol. The smallest absolute Gasteiger partial charge is 0.303 e. The van der Waals surface area contributed by atoms with E-state index < -0.39 is 5.97 Å². The first-order valence-corrected chi connectivity index (χ1v) is 7.25. The third-order valence-electron chi connectivity index (χ3n) is 3.50. The van der Waals surface area contributed by atoms with Crippen LogP contribution < -0.4 is 5.32 Å². The van der Waals surface area contributed by atoms with Crippen molar-refractivity contribution in [1.29, 1.82) is 0 Å². The lowest BCUT2D eigenvalue weighted by Gasteiger charge is -2.30. The topological polar surface area (TPSA) is 66.4 Å². The van der Waals surface area contributed by atoms with Gasteiger partial charge < -0.3 is 10.4 Å². The number of hydrogen-bond acceptors (Lipinski definition) is 2. The molecule has 4 heteroatoms. The molecule has 0 spiro atoms. The molecule has 0 rings (SSSR count). The van der Waals surface area contributed by atoms with E-state index in [0.29, 0.717) is 25.3 Å². The Morgan fingerprint density at radius 3 is 2.26 bits per heavy atom. The van der Waals surface area contributed by atoms with E-state index in [0.717, 1.165) is 19.3 Å². The Morgan fingerprint density at radius 2 is 1.79 bits per heavy atom. The Bertz CT molecular complexity index is 282. The molecule has 1 atom stereocenters. The highest BCUT2D eigenvalue weighted by Crippen LogP contribution is 2.32. The van der Waals surface area contributed by atoms with Gasteiger partial charge in [0.1, 0.15) is 0 Å². The van der Waals surface area contributed by atoms with Crippen LogP contribution in [-0.2, 0) is 9.59 Å². The lowest BCUT2D eigenvalue weighted by molar-refractivity contribution is -0.137. The monoisotopic (exact) mass is 271 g/mol. The van der Waals surface area contributed by atoms with Crippen molar-refractivity contribution in [3.05, 3.63) is 0 Å². The van der Waals surface area contributed by atoms with Gasteiger partial charge in [0.05, 0.1) is 0 Å². The maximum atomic E-state index is 11.5. The maximum absolute atomic E-state index is 11.5. The van der Waals surface area contributed by atoms with Gasteiger partial charge in [-0.2, -0.15) is 0 Å². The minimum absolute atomic E-state index is 0.0730. The molecule has 0 aromatic carbocycles. The molecule has 0 aliphatic carbocycles. The Kier molecular flexibility index (Phi) is 8.44. The van der Waals surface area contributed by atoms with E-state index in [4.69, 9.17) is 5.11 Å². The molecule has 0 bridgehead atoms. The zero-order chi connectivity index (χ0) is 14.9. The fourth-order valence-corrected chi connectivity index (χ4v) is 2.12. The number of carboxylic acid groups (broad SMARTS) is 1. The lowest BCUT2D eigenvalue weighted by atomic mass is 9.76. The van der Waals surface area contributed by atoms with Crippen molar-refractivity contribution in [1.82, 2.24) is 5.32 Å². The van der Waals surface area contributed by atoms with Crippen molar-refractivity contribution >= 4 is 11.9 Å². The van der Waals surface area contributed by atoms with Gasteiger partial charge >= 0.3 is 5.97 Å². The molecule has 1 unspecified atom stereocenters. The fraction of sp³-hybridized carbons (Fsp3) is 0.867. The van der Waals surface area contributed by atoms with Crippen molar-refractivity contribution in [3.8, 4) is 0 Å². The highest BCUT2D eigenvalue weighted by molar-refractivity contribution is 5.75. The largest absolute Gasteiger partial charge is 0.481 e. The summed E-state index contributed by atoms with van der Waals surface area (Å²) in [4.78, 5) is 22.2. The summed E-state index contributed by atoms with van der Waals surface area (Å²) >= 11 is 0. The van der Waals surface area contributed by atoms with Crippen LogP contribution in [0, 0.1) is 11.3 Å². The highest BCUT2D eigenvalue weighted by atomic mass is 16.4. The Balaban J connectivity index is 4.06. The van der Waals surface area contributed by atoms with E-state index in [1.807, 2.05) is 0 Å². The maximum Gasteiger partial charge on any atom is 0.303 e. The number of hydrogen-bond donors (Lipinski definition) is 2. The zero-order valence-corrected chi connectivity index (χ0v) is 12.8. The molecule has 4 nitrogen and oxygen atoms in total. The standard InChI is InChI=1S/C15H29NO3/c1-5-6-7-13(17)16-11-10-12(15(2,3)4)8-9-14(18)19/h12H,5-11H2,1-4H3,(H,16,17)(H,18,19). The first-order valence-electron chi connectivity index (χ1n) is 7.25. The van der Waals surface area contributed by atoms with E-state index in [-0.39, 0.29) is 17.7 Å². The van der Waals surface area contributed by atoms with E-state index in [9.17, 15) is 9.59 Å². The molecule has 0 heterocycles. The predicted molar refractivity (Wildman–Crippen MR) is 77.0 cm³/mol. The van der Waals surface area contributed by atoms with Crippen LogP contribution in [-0.4, -0.2) is 23.5 Å². The SMILES string of the molecule is CCCCC(=O)NCCC(CCC(=O)O)C(C)(C)C. The van der Waals surface area contributed by atoms with Gasteiger partial charge in [-0.3, -0.25) is 9.59 Å². The molecular weight excluding hydrogens is 242 g/mol. The van der Waals surface area contributed by atoms with Crippen molar-refractivity contribution in [2.45, 2.75) is 66.2 Å². The molecule has 2 N–H and O–H groups in total. The first kappa shape index (κ1) is 17.9. The molecule has 1 amide bonds. The summed E-state index contributed by atoms with van der Waals surface area (Å²) in [7, 11) is 0. The van der Waals surface area contributed by atoms with Crippen molar-refractivity contribution in [3.63, 3.8) is 0 Å². The number of unbranched alkanes of at least 4 members (excludes halogenated alkanes) is 1. The van der Waals surface area contributed by atoms with Crippen molar-refractivity contribution in [2.24, 2.45) is 11.3 Å².